The zero-order chi connectivity index (χ0) is 15.8. The van der Waals surface area contributed by atoms with Crippen molar-refractivity contribution in [3.8, 4) is 0 Å². The van der Waals surface area contributed by atoms with Crippen molar-refractivity contribution in [2.45, 2.75) is 39.3 Å². The van der Waals surface area contributed by atoms with Gasteiger partial charge in [0, 0.05) is 24.5 Å². The maximum atomic E-state index is 12.6. The van der Waals surface area contributed by atoms with E-state index in [2.05, 4.69) is 31.4 Å². The fourth-order valence-corrected chi connectivity index (χ4v) is 2.39. The van der Waals surface area contributed by atoms with Crippen LogP contribution < -0.4 is 5.32 Å². The van der Waals surface area contributed by atoms with Crippen molar-refractivity contribution in [1.82, 2.24) is 24.9 Å². The minimum atomic E-state index is -0.767. The van der Waals surface area contributed by atoms with Crippen molar-refractivity contribution in [3.05, 3.63) is 34.3 Å². The summed E-state index contributed by atoms with van der Waals surface area (Å²) in [6, 6.07) is -0.107. The molecule has 6 nitrogen and oxygen atoms in total. The van der Waals surface area contributed by atoms with Gasteiger partial charge in [0.05, 0.1) is 22.9 Å². The van der Waals surface area contributed by atoms with Gasteiger partial charge in [-0.25, -0.2) is 0 Å². The average molecular weight is 354 g/mol. The number of hydrogen-bond acceptors (Lipinski definition) is 3. The summed E-state index contributed by atoms with van der Waals surface area (Å²) in [5, 5.41) is 11.4. The predicted molar refractivity (Wildman–Crippen MR) is 83.8 cm³/mol. The van der Waals surface area contributed by atoms with Gasteiger partial charge in [-0.3, -0.25) is 14.2 Å². The molecule has 21 heavy (non-hydrogen) atoms. The van der Waals surface area contributed by atoms with Gasteiger partial charge in [0.15, 0.2) is 0 Å². The fourth-order valence-electron chi connectivity index (χ4n) is 2.10. The standard InChI is InChI=1S/C14H20BrN5O/c1-9(12-7-16-19(5)10(12)2)18-13(21)14(3,4)20-8-11(15)6-17-20/h6-9H,1-5H3,(H,18,21). The molecule has 7 heteroatoms. The van der Waals surface area contributed by atoms with E-state index in [0.717, 1.165) is 15.7 Å². The molecule has 2 aromatic rings. The van der Waals surface area contributed by atoms with E-state index in [1.54, 1.807) is 28.0 Å². The average Bonchev–Trinajstić information content (AvgIpc) is 2.97. The van der Waals surface area contributed by atoms with Gasteiger partial charge < -0.3 is 5.32 Å². The third-order valence-corrected chi connectivity index (χ3v) is 4.18. The van der Waals surface area contributed by atoms with Crippen molar-refractivity contribution in [2.75, 3.05) is 0 Å². The molecule has 0 fully saturated rings. The highest BCUT2D eigenvalue weighted by molar-refractivity contribution is 9.10. The Hall–Kier alpha value is -1.63. The van der Waals surface area contributed by atoms with Crippen LogP contribution in [0, 0.1) is 6.92 Å². The molecule has 0 aromatic carbocycles. The summed E-state index contributed by atoms with van der Waals surface area (Å²) in [5.74, 6) is -0.0890. The Labute approximate surface area is 132 Å². The van der Waals surface area contributed by atoms with Gasteiger partial charge >= 0.3 is 0 Å². The summed E-state index contributed by atoms with van der Waals surface area (Å²) in [6.45, 7) is 7.62. The quantitative estimate of drug-likeness (QED) is 0.916. The number of rotatable bonds is 4. The van der Waals surface area contributed by atoms with Crippen LogP contribution in [0.15, 0.2) is 23.1 Å². The van der Waals surface area contributed by atoms with E-state index in [1.165, 1.54) is 0 Å². The molecule has 2 aromatic heterocycles. The zero-order valence-electron chi connectivity index (χ0n) is 12.9. The van der Waals surface area contributed by atoms with Gasteiger partial charge in [0.1, 0.15) is 5.54 Å². The highest BCUT2D eigenvalue weighted by Gasteiger charge is 2.32. The van der Waals surface area contributed by atoms with Crippen molar-refractivity contribution in [2.24, 2.45) is 7.05 Å². The summed E-state index contributed by atoms with van der Waals surface area (Å²) in [4.78, 5) is 12.6. The first-order valence-corrected chi connectivity index (χ1v) is 7.53. The lowest BCUT2D eigenvalue weighted by atomic mass is 10.0. The molecule has 1 unspecified atom stereocenters. The molecule has 1 atom stereocenters. The van der Waals surface area contributed by atoms with E-state index >= 15 is 0 Å². The summed E-state index contributed by atoms with van der Waals surface area (Å²) in [5.41, 5.74) is 1.29. The zero-order valence-corrected chi connectivity index (χ0v) is 14.5. The highest BCUT2D eigenvalue weighted by Crippen LogP contribution is 2.21. The summed E-state index contributed by atoms with van der Waals surface area (Å²) in [7, 11) is 1.89. The molecule has 0 saturated heterocycles. The smallest absolute Gasteiger partial charge is 0.247 e. The third-order valence-electron chi connectivity index (χ3n) is 3.77. The Morgan fingerprint density at radius 1 is 1.38 bits per heavy atom. The van der Waals surface area contributed by atoms with Crippen molar-refractivity contribution >= 4 is 21.8 Å². The van der Waals surface area contributed by atoms with Gasteiger partial charge in [-0.1, -0.05) is 0 Å². The van der Waals surface area contributed by atoms with Gasteiger partial charge in [-0.05, 0) is 43.6 Å². The Morgan fingerprint density at radius 2 is 2.05 bits per heavy atom. The molecule has 1 N–H and O–H groups in total. The molecule has 0 aliphatic rings. The maximum absolute atomic E-state index is 12.6. The number of aromatic nitrogens is 4. The number of amides is 1. The molecule has 1 amide bonds. The van der Waals surface area contributed by atoms with Crippen LogP contribution in [-0.2, 0) is 17.4 Å². The molecule has 0 aliphatic carbocycles. The third kappa shape index (κ3) is 3.02. The monoisotopic (exact) mass is 353 g/mol. The Bertz CT molecular complexity index is 658. The topological polar surface area (TPSA) is 64.7 Å². The normalized spacial score (nSPS) is 13.2. The molecule has 0 spiro atoms. The van der Waals surface area contributed by atoms with E-state index in [9.17, 15) is 4.79 Å². The first-order chi connectivity index (χ1) is 9.73. The van der Waals surface area contributed by atoms with Crippen molar-refractivity contribution < 1.29 is 4.79 Å². The van der Waals surface area contributed by atoms with E-state index in [1.807, 2.05) is 34.7 Å². The van der Waals surface area contributed by atoms with Crippen LogP contribution in [0.25, 0.3) is 0 Å². The second-order valence-electron chi connectivity index (χ2n) is 5.67. The maximum Gasteiger partial charge on any atom is 0.247 e. The molecule has 114 valence electrons. The first-order valence-electron chi connectivity index (χ1n) is 6.73. The summed E-state index contributed by atoms with van der Waals surface area (Å²) >= 11 is 3.35. The van der Waals surface area contributed by atoms with Crippen LogP contribution in [0.4, 0.5) is 0 Å². The van der Waals surface area contributed by atoms with Crippen LogP contribution in [0.1, 0.15) is 38.1 Å². The number of aryl methyl sites for hydroxylation is 1. The molecular formula is C14H20BrN5O. The molecule has 0 aliphatic heterocycles. The summed E-state index contributed by atoms with van der Waals surface area (Å²) in [6.07, 6.45) is 5.25. The lowest BCUT2D eigenvalue weighted by molar-refractivity contribution is -0.129. The minimum absolute atomic E-state index is 0.0890. The van der Waals surface area contributed by atoms with Crippen molar-refractivity contribution in [3.63, 3.8) is 0 Å². The molecule has 0 saturated carbocycles. The van der Waals surface area contributed by atoms with Crippen molar-refractivity contribution in [1.29, 1.82) is 0 Å². The van der Waals surface area contributed by atoms with Crippen LogP contribution >= 0.6 is 15.9 Å². The number of nitrogens with one attached hydrogen (secondary N) is 1. The number of nitrogens with zero attached hydrogens (tertiary/aromatic N) is 4. The highest BCUT2D eigenvalue weighted by atomic mass is 79.9. The van der Waals surface area contributed by atoms with Gasteiger partial charge in [-0.15, -0.1) is 0 Å². The van der Waals surface area contributed by atoms with E-state index < -0.39 is 5.54 Å². The van der Waals surface area contributed by atoms with Gasteiger partial charge in [-0.2, -0.15) is 10.2 Å². The molecule has 2 heterocycles. The van der Waals surface area contributed by atoms with Gasteiger partial charge in [0.2, 0.25) is 5.91 Å². The fraction of sp³-hybridized carbons (Fsp3) is 0.500. The molecule has 0 bridgehead atoms. The SMILES string of the molecule is Cc1c(C(C)NC(=O)C(C)(C)n2cc(Br)cn2)cnn1C. The second-order valence-corrected chi connectivity index (χ2v) is 6.58. The molecule has 0 radical (unpaired) electrons. The molecule has 2 rings (SSSR count). The van der Waals surface area contributed by atoms with E-state index in [-0.39, 0.29) is 11.9 Å². The largest absolute Gasteiger partial charge is 0.347 e. The number of carbonyl (C=O) groups excluding carboxylic acids is 1. The Balaban J connectivity index is 2.15. The predicted octanol–water partition coefficient (Wildman–Crippen LogP) is 2.30. The lowest BCUT2D eigenvalue weighted by Gasteiger charge is -2.26. The Morgan fingerprint density at radius 3 is 2.52 bits per heavy atom. The Kier molecular flexibility index (Phi) is 4.22. The lowest BCUT2D eigenvalue weighted by Crippen LogP contribution is -2.45. The minimum Gasteiger partial charge on any atom is -0.347 e. The van der Waals surface area contributed by atoms with E-state index in [0.29, 0.717) is 0 Å². The second kappa shape index (κ2) is 5.63. The molecular weight excluding hydrogens is 334 g/mol. The number of hydrogen-bond donors (Lipinski definition) is 1. The van der Waals surface area contributed by atoms with Crippen LogP contribution in [0.3, 0.4) is 0 Å². The number of carbonyl (C=O) groups is 1. The van der Waals surface area contributed by atoms with E-state index in [4.69, 9.17) is 0 Å². The first kappa shape index (κ1) is 15.8. The number of halogens is 1. The van der Waals surface area contributed by atoms with Gasteiger partial charge in [0.25, 0.3) is 0 Å². The van der Waals surface area contributed by atoms with Crippen LogP contribution in [0.5, 0.6) is 0 Å². The van der Waals surface area contributed by atoms with Crippen LogP contribution in [-0.4, -0.2) is 25.5 Å². The van der Waals surface area contributed by atoms with Crippen LogP contribution in [0.2, 0.25) is 0 Å². The summed E-state index contributed by atoms with van der Waals surface area (Å²) < 4.78 is 4.29.